The van der Waals surface area contributed by atoms with Crippen molar-refractivity contribution in [1.29, 1.82) is 0 Å². The molecule has 1 aromatic carbocycles. The summed E-state index contributed by atoms with van der Waals surface area (Å²) in [6, 6.07) is 6.60. The molecule has 1 N–H and O–H groups in total. The van der Waals surface area contributed by atoms with Crippen molar-refractivity contribution in [3.8, 4) is 11.5 Å². The molecular formula is C18H18F2O7. The number of esters is 1. The van der Waals surface area contributed by atoms with Crippen molar-refractivity contribution in [3.05, 3.63) is 57.6 Å². The van der Waals surface area contributed by atoms with Crippen LogP contribution < -0.4 is 10.2 Å². The number of hydrogen-bond donors (Lipinski definition) is 1. The number of methoxy groups -OCH3 is 2. The lowest BCUT2D eigenvalue weighted by Crippen LogP contribution is -2.14. The van der Waals surface area contributed by atoms with Gasteiger partial charge in [0.2, 0.25) is 11.2 Å². The lowest BCUT2D eigenvalue weighted by atomic mass is 9.92. The van der Waals surface area contributed by atoms with Gasteiger partial charge in [-0.05, 0) is 17.7 Å². The van der Waals surface area contributed by atoms with Crippen molar-refractivity contribution >= 4 is 5.97 Å². The minimum Gasteiger partial charge on any atom is -0.502 e. The van der Waals surface area contributed by atoms with E-state index in [4.69, 9.17) is 9.15 Å². The number of rotatable bonds is 8. The molecule has 146 valence electrons. The Balaban J connectivity index is 2.56. The average molecular weight is 384 g/mol. The van der Waals surface area contributed by atoms with E-state index in [2.05, 4.69) is 9.47 Å². The fraction of sp³-hybridized carbons (Fsp3) is 0.333. The molecule has 2 rings (SSSR count). The molecule has 0 bridgehead atoms. The van der Waals surface area contributed by atoms with Gasteiger partial charge in [0.25, 0.3) is 0 Å². The third-order valence-corrected chi connectivity index (χ3v) is 3.69. The van der Waals surface area contributed by atoms with Crippen LogP contribution in [0.1, 0.15) is 29.4 Å². The second-order valence-electron chi connectivity index (χ2n) is 5.51. The Morgan fingerprint density at radius 2 is 2.00 bits per heavy atom. The molecule has 0 unspecified atom stereocenters. The van der Waals surface area contributed by atoms with Gasteiger partial charge in [-0.15, -0.1) is 0 Å². The molecule has 1 heterocycles. The van der Waals surface area contributed by atoms with Crippen LogP contribution in [-0.4, -0.2) is 31.9 Å². The smallest absolute Gasteiger partial charge is 0.387 e. The molecule has 0 saturated carbocycles. The van der Waals surface area contributed by atoms with Gasteiger partial charge in [0.1, 0.15) is 18.1 Å². The molecule has 27 heavy (non-hydrogen) atoms. The number of aromatic hydroxyl groups is 1. The topological polar surface area (TPSA) is 95.2 Å². The monoisotopic (exact) mass is 384 g/mol. The summed E-state index contributed by atoms with van der Waals surface area (Å²) in [4.78, 5) is 23.9. The fourth-order valence-corrected chi connectivity index (χ4v) is 2.52. The van der Waals surface area contributed by atoms with Gasteiger partial charge < -0.3 is 23.7 Å². The summed E-state index contributed by atoms with van der Waals surface area (Å²) >= 11 is 0. The van der Waals surface area contributed by atoms with Gasteiger partial charge in [-0.3, -0.25) is 9.59 Å². The maximum absolute atomic E-state index is 12.5. The van der Waals surface area contributed by atoms with Crippen molar-refractivity contribution in [1.82, 2.24) is 0 Å². The molecule has 0 fully saturated rings. The first-order chi connectivity index (χ1) is 12.8. The zero-order valence-electron chi connectivity index (χ0n) is 14.6. The molecule has 1 atom stereocenters. The second-order valence-corrected chi connectivity index (χ2v) is 5.51. The Kier molecular flexibility index (Phi) is 6.89. The van der Waals surface area contributed by atoms with Gasteiger partial charge >= 0.3 is 12.6 Å². The number of benzene rings is 1. The molecule has 0 amide bonds. The average Bonchev–Trinajstić information content (AvgIpc) is 2.62. The van der Waals surface area contributed by atoms with Crippen LogP contribution in [-0.2, 0) is 20.9 Å². The highest BCUT2D eigenvalue weighted by Gasteiger charge is 2.27. The van der Waals surface area contributed by atoms with E-state index in [1.807, 2.05) is 0 Å². The largest absolute Gasteiger partial charge is 0.502 e. The molecule has 2 aromatic rings. The highest BCUT2D eigenvalue weighted by molar-refractivity contribution is 5.71. The quantitative estimate of drug-likeness (QED) is 0.699. The van der Waals surface area contributed by atoms with Gasteiger partial charge in [0, 0.05) is 13.2 Å². The van der Waals surface area contributed by atoms with Crippen LogP contribution in [0.4, 0.5) is 8.78 Å². The third-order valence-electron chi connectivity index (χ3n) is 3.69. The predicted octanol–water partition coefficient (Wildman–Crippen LogP) is 2.79. The summed E-state index contributed by atoms with van der Waals surface area (Å²) in [6.07, 6.45) is -0.304. The molecule has 0 radical (unpaired) electrons. The third kappa shape index (κ3) is 5.27. The zero-order valence-corrected chi connectivity index (χ0v) is 14.6. The minimum absolute atomic E-state index is 0.0397. The molecule has 0 saturated heterocycles. The van der Waals surface area contributed by atoms with E-state index in [0.717, 1.165) is 6.07 Å². The number of hydrogen-bond acceptors (Lipinski definition) is 7. The Hall–Kier alpha value is -2.94. The lowest BCUT2D eigenvalue weighted by Gasteiger charge is -2.18. The lowest BCUT2D eigenvalue weighted by molar-refractivity contribution is -0.141. The summed E-state index contributed by atoms with van der Waals surface area (Å²) in [6.45, 7) is -3.07. The molecule has 1 aromatic heterocycles. The van der Waals surface area contributed by atoms with Gasteiger partial charge in [-0.25, -0.2) is 0 Å². The van der Waals surface area contributed by atoms with Crippen LogP contribution >= 0.6 is 0 Å². The van der Waals surface area contributed by atoms with Crippen LogP contribution in [0.2, 0.25) is 0 Å². The predicted molar refractivity (Wildman–Crippen MR) is 88.9 cm³/mol. The summed E-state index contributed by atoms with van der Waals surface area (Å²) < 4.78 is 44.4. The summed E-state index contributed by atoms with van der Waals surface area (Å²) in [5, 5.41) is 10.2. The number of carbonyl (C=O) groups excluding carboxylic acids is 1. The minimum atomic E-state index is -3.03. The first-order valence-electron chi connectivity index (χ1n) is 7.82. The van der Waals surface area contributed by atoms with Gasteiger partial charge in [0.15, 0.2) is 5.76 Å². The van der Waals surface area contributed by atoms with Gasteiger partial charge in [-0.1, -0.05) is 12.1 Å². The van der Waals surface area contributed by atoms with Crippen molar-refractivity contribution in [2.24, 2.45) is 0 Å². The molecule has 0 aliphatic rings. The number of ether oxygens (including phenoxy) is 3. The van der Waals surface area contributed by atoms with E-state index in [-0.39, 0.29) is 30.3 Å². The molecule has 0 aliphatic carbocycles. The van der Waals surface area contributed by atoms with E-state index in [9.17, 15) is 23.5 Å². The van der Waals surface area contributed by atoms with Crippen molar-refractivity contribution in [3.63, 3.8) is 0 Å². The van der Waals surface area contributed by atoms with Crippen molar-refractivity contribution in [2.45, 2.75) is 25.6 Å². The van der Waals surface area contributed by atoms with Crippen LogP contribution in [0.15, 0.2) is 39.5 Å². The maximum Gasteiger partial charge on any atom is 0.387 e. The molecule has 0 aliphatic heterocycles. The number of halogens is 2. The Morgan fingerprint density at radius 3 is 2.63 bits per heavy atom. The maximum atomic E-state index is 12.5. The van der Waals surface area contributed by atoms with E-state index in [1.54, 1.807) is 0 Å². The highest BCUT2D eigenvalue weighted by atomic mass is 19.3. The van der Waals surface area contributed by atoms with E-state index in [0.29, 0.717) is 5.56 Å². The van der Waals surface area contributed by atoms with E-state index in [1.165, 1.54) is 38.5 Å². The van der Waals surface area contributed by atoms with Gasteiger partial charge in [0.05, 0.1) is 19.4 Å². The Bertz CT molecular complexity index is 848. The molecule has 0 spiro atoms. The number of alkyl halides is 2. The Morgan fingerprint density at radius 1 is 1.26 bits per heavy atom. The van der Waals surface area contributed by atoms with Crippen LogP contribution in [0, 0.1) is 0 Å². The van der Waals surface area contributed by atoms with Crippen LogP contribution in [0.3, 0.4) is 0 Å². The summed E-state index contributed by atoms with van der Waals surface area (Å²) in [5.41, 5.74) is -0.412. The first-order valence-corrected chi connectivity index (χ1v) is 7.82. The van der Waals surface area contributed by atoms with Crippen LogP contribution in [0.5, 0.6) is 11.5 Å². The Labute approximate surface area is 153 Å². The molecule has 7 nitrogen and oxygen atoms in total. The normalized spacial score (nSPS) is 12.0. The highest BCUT2D eigenvalue weighted by Crippen LogP contribution is 2.35. The van der Waals surface area contributed by atoms with Gasteiger partial charge in [-0.2, -0.15) is 8.78 Å². The van der Waals surface area contributed by atoms with Crippen LogP contribution in [0.25, 0.3) is 0 Å². The standard InChI is InChI=1S/C18H18F2O7/c1-24-9-12-7-14(21)16(23)17(26-12)13(8-15(22)25-2)10-4-3-5-11(6-10)27-18(19)20/h3-7,13,18,23H,8-9H2,1-2H3/t13-/m0/s1. The number of carbonyl (C=O) groups is 1. The molecular weight excluding hydrogens is 366 g/mol. The van der Waals surface area contributed by atoms with E-state index < -0.39 is 29.7 Å². The second kappa shape index (κ2) is 9.13. The zero-order chi connectivity index (χ0) is 20.0. The van der Waals surface area contributed by atoms with Crippen molar-refractivity contribution in [2.75, 3.05) is 14.2 Å². The fourth-order valence-electron chi connectivity index (χ4n) is 2.52. The first kappa shape index (κ1) is 20.4. The molecule has 9 heteroatoms. The van der Waals surface area contributed by atoms with E-state index >= 15 is 0 Å². The summed E-state index contributed by atoms with van der Waals surface area (Å²) in [7, 11) is 2.57. The SMILES string of the molecule is COCc1cc(=O)c(O)c([C@@H](CC(=O)OC)c2cccc(OC(F)F)c2)o1. The van der Waals surface area contributed by atoms with Crippen molar-refractivity contribution < 1.29 is 37.3 Å². The summed E-state index contributed by atoms with van der Waals surface area (Å²) in [5.74, 6) is -2.53.